The predicted molar refractivity (Wildman–Crippen MR) is 82.4 cm³/mol. The molecule has 0 bridgehead atoms. The maximum atomic E-state index is 12.2. The summed E-state index contributed by atoms with van der Waals surface area (Å²) >= 11 is 0. The highest BCUT2D eigenvalue weighted by Crippen LogP contribution is 2.24. The quantitative estimate of drug-likeness (QED) is 0.918. The van der Waals surface area contributed by atoms with E-state index in [0.717, 1.165) is 5.56 Å². The van der Waals surface area contributed by atoms with Crippen LogP contribution in [-0.2, 0) is 9.53 Å². The van der Waals surface area contributed by atoms with Crippen molar-refractivity contribution < 1.29 is 24.2 Å². The van der Waals surface area contributed by atoms with Gasteiger partial charge < -0.3 is 14.6 Å². The summed E-state index contributed by atoms with van der Waals surface area (Å²) in [7, 11) is 0. The average Bonchev–Trinajstić information content (AvgIpc) is 2.84. The van der Waals surface area contributed by atoms with Gasteiger partial charge in [-0.1, -0.05) is 6.07 Å². The molecule has 0 saturated carbocycles. The van der Waals surface area contributed by atoms with Crippen LogP contribution >= 0.6 is 0 Å². The number of likely N-dealkylation sites (tertiary alicyclic amines) is 1. The highest BCUT2D eigenvalue weighted by Gasteiger charge is 2.42. The Morgan fingerprint density at radius 1 is 1.35 bits per heavy atom. The van der Waals surface area contributed by atoms with Gasteiger partial charge in [-0.05, 0) is 33.3 Å². The first-order chi connectivity index (χ1) is 10.7. The van der Waals surface area contributed by atoms with Crippen molar-refractivity contribution in [2.24, 2.45) is 0 Å². The molecule has 1 N–H and O–H groups in total. The van der Waals surface area contributed by atoms with Gasteiger partial charge in [0, 0.05) is 18.7 Å². The Hall–Kier alpha value is -2.31. The number of carbonyl (C=O) groups is 2. The van der Waals surface area contributed by atoms with Gasteiger partial charge in [-0.2, -0.15) is 0 Å². The first kappa shape index (κ1) is 17.1. The number of amides is 1. The molecule has 0 radical (unpaired) electrons. The van der Waals surface area contributed by atoms with Crippen molar-refractivity contribution in [1.82, 2.24) is 9.88 Å². The van der Waals surface area contributed by atoms with Crippen LogP contribution in [-0.4, -0.2) is 51.3 Å². The largest absolute Gasteiger partial charge is 0.480 e. The molecule has 1 amide bonds. The zero-order chi connectivity index (χ0) is 17.2. The zero-order valence-electron chi connectivity index (χ0n) is 13.8. The van der Waals surface area contributed by atoms with Gasteiger partial charge in [0.15, 0.2) is 0 Å². The lowest BCUT2D eigenvalue weighted by atomic mass is 10.2. The lowest BCUT2D eigenvalue weighted by molar-refractivity contribution is -0.142. The molecule has 1 aliphatic rings. The van der Waals surface area contributed by atoms with E-state index in [-0.39, 0.29) is 13.0 Å². The van der Waals surface area contributed by atoms with Crippen LogP contribution in [0.1, 0.15) is 32.8 Å². The molecule has 0 unspecified atom stereocenters. The van der Waals surface area contributed by atoms with Crippen molar-refractivity contribution in [2.45, 2.75) is 51.9 Å². The SMILES string of the molecule is Cc1ccc(O[C@H]2C[C@H](C(=O)O)N(C(=O)OC(C)(C)C)C2)nc1. The molecular weight excluding hydrogens is 300 g/mol. The Kier molecular flexibility index (Phi) is 4.77. The topological polar surface area (TPSA) is 89.0 Å². The Bertz CT molecular complexity index is 579. The Labute approximate surface area is 135 Å². The van der Waals surface area contributed by atoms with Crippen molar-refractivity contribution in [1.29, 1.82) is 0 Å². The Morgan fingerprint density at radius 2 is 2.04 bits per heavy atom. The van der Waals surface area contributed by atoms with Crippen molar-refractivity contribution in [3.05, 3.63) is 23.9 Å². The summed E-state index contributed by atoms with van der Waals surface area (Å²) in [6.07, 6.45) is 0.793. The maximum Gasteiger partial charge on any atom is 0.411 e. The number of ether oxygens (including phenoxy) is 2. The third kappa shape index (κ3) is 4.58. The van der Waals surface area contributed by atoms with Crippen molar-refractivity contribution >= 4 is 12.1 Å². The minimum atomic E-state index is -1.07. The van der Waals surface area contributed by atoms with Gasteiger partial charge in [-0.25, -0.2) is 14.6 Å². The summed E-state index contributed by atoms with van der Waals surface area (Å²) in [5.74, 6) is -0.658. The standard InChI is InChI=1S/C16H22N2O5/c1-10-5-6-13(17-8-10)22-11-7-12(14(19)20)18(9-11)15(21)23-16(2,3)4/h5-6,8,11-12H,7,9H2,1-4H3,(H,19,20)/t11-,12+/m0/s1. The second-order valence-electron chi connectivity index (χ2n) is 6.64. The number of aromatic nitrogens is 1. The van der Waals surface area contributed by atoms with Crippen LogP contribution in [0.2, 0.25) is 0 Å². The predicted octanol–water partition coefficient (Wildman–Crippen LogP) is 2.23. The molecule has 1 aliphatic heterocycles. The molecule has 7 heteroatoms. The van der Waals surface area contributed by atoms with Gasteiger partial charge >= 0.3 is 12.1 Å². The Morgan fingerprint density at radius 3 is 2.57 bits per heavy atom. The fourth-order valence-corrected chi connectivity index (χ4v) is 2.33. The summed E-state index contributed by atoms with van der Waals surface area (Å²) in [6, 6.07) is 2.62. The van der Waals surface area contributed by atoms with Crippen LogP contribution in [0.3, 0.4) is 0 Å². The second-order valence-corrected chi connectivity index (χ2v) is 6.64. The van der Waals surface area contributed by atoms with Crippen molar-refractivity contribution in [3.63, 3.8) is 0 Å². The number of carboxylic acid groups (broad SMARTS) is 1. The number of rotatable bonds is 3. The van der Waals surface area contributed by atoms with Gasteiger partial charge in [0.1, 0.15) is 17.7 Å². The molecule has 1 aromatic rings. The molecule has 2 atom stereocenters. The monoisotopic (exact) mass is 322 g/mol. The summed E-state index contributed by atoms with van der Waals surface area (Å²) in [5, 5.41) is 9.33. The number of aliphatic carboxylic acids is 1. The van der Waals surface area contributed by atoms with E-state index in [0.29, 0.717) is 5.88 Å². The van der Waals surface area contributed by atoms with Gasteiger partial charge in [0.2, 0.25) is 5.88 Å². The van der Waals surface area contributed by atoms with Crippen LogP contribution in [0.4, 0.5) is 4.79 Å². The van der Waals surface area contributed by atoms with E-state index in [1.807, 2.05) is 13.0 Å². The smallest absolute Gasteiger partial charge is 0.411 e. The first-order valence-corrected chi connectivity index (χ1v) is 7.47. The summed E-state index contributed by atoms with van der Waals surface area (Å²) < 4.78 is 11.0. The van der Waals surface area contributed by atoms with Crippen molar-refractivity contribution in [3.8, 4) is 5.88 Å². The summed E-state index contributed by atoms with van der Waals surface area (Å²) in [5.41, 5.74) is 0.319. The van der Waals surface area contributed by atoms with Gasteiger partial charge in [0.05, 0.1) is 6.54 Å². The van der Waals surface area contributed by atoms with Crippen LogP contribution in [0.15, 0.2) is 18.3 Å². The molecule has 0 spiro atoms. The number of aryl methyl sites for hydroxylation is 1. The van der Waals surface area contributed by atoms with E-state index in [4.69, 9.17) is 9.47 Å². The van der Waals surface area contributed by atoms with Crippen molar-refractivity contribution in [2.75, 3.05) is 6.54 Å². The molecule has 2 heterocycles. The lowest BCUT2D eigenvalue weighted by Gasteiger charge is -2.26. The molecule has 23 heavy (non-hydrogen) atoms. The van der Waals surface area contributed by atoms with E-state index >= 15 is 0 Å². The number of hydrogen-bond donors (Lipinski definition) is 1. The van der Waals surface area contributed by atoms with Crippen LogP contribution in [0.25, 0.3) is 0 Å². The summed E-state index contributed by atoms with van der Waals surface area (Å²) in [6.45, 7) is 7.28. The fourth-order valence-electron chi connectivity index (χ4n) is 2.33. The molecule has 7 nitrogen and oxygen atoms in total. The Balaban J connectivity index is 2.06. The second kappa shape index (κ2) is 6.44. The van der Waals surface area contributed by atoms with E-state index in [1.165, 1.54) is 4.90 Å². The third-order valence-corrected chi connectivity index (χ3v) is 3.35. The van der Waals surface area contributed by atoms with Crippen LogP contribution in [0, 0.1) is 6.92 Å². The maximum absolute atomic E-state index is 12.2. The molecule has 126 valence electrons. The van der Waals surface area contributed by atoms with Gasteiger partial charge in [0.25, 0.3) is 0 Å². The molecule has 1 aromatic heterocycles. The van der Waals surface area contributed by atoms with E-state index < -0.39 is 29.8 Å². The highest BCUT2D eigenvalue weighted by atomic mass is 16.6. The molecule has 0 aliphatic carbocycles. The summed E-state index contributed by atoms with van der Waals surface area (Å²) in [4.78, 5) is 28.9. The molecular formula is C16H22N2O5. The van der Waals surface area contributed by atoms with E-state index in [9.17, 15) is 14.7 Å². The number of pyridine rings is 1. The minimum Gasteiger partial charge on any atom is -0.480 e. The number of carboxylic acids is 1. The number of nitrogens with zero attached hydrogens (tertiary/aromatic N) is 2. The number of carbonyl (C=O) groups excluding carboxylic acids is 1. The minimum absolute atomic E-state index is 0.154. The normalized spacial score (nSPS) is 21.1. The first-order valence-electron chi connectivity index (χ1n) is 7.47. The average molecular weight is 322 g/mol. The molecule has 1 fully saturated rings. The molecule has 0 aromatic carbocycles. The van der Waals surface area contributed by atoms with Gasteiger partial charge in [-0.15, -0.1) is 0 Å². The van der Waals surface area contributed by atoms with Crippen LogP contribution in [0.5, 0.6) is 5.88 Å². The number of hydrogen-bond acceptors (Lipinski definition) is 5. The molecule has 1 saturated heterocycles. The lowest BCUT2D eigenvalue weighted by Crippen LogP contribution is -2.43. The highest BCUT2D eigenvalue weighted by molar-refractivity contribution is 5.81. The van der Waals surface area contributed by atoms with E-state index in [1.54, 1.807) is 33.0 Å². The van der Waals surface area contributed by atoms with E-state index in [2.05, 4.69) is 4.98 Å². The van der Waals surface area contributed by atoms with Crippen LogP contribution < -0.4 is 4.74 Å². The third-order valence-electron chi connectivity index (χ3n) is 3.35. The molecule has 2 rings (SSSR count). The van der Waals surface area contributed by atoms with Gasteiger partial charge in [-0.3, -0.25) is 4.90 Å². The zero-order valence-corrected chi connectivity index (χ0v) is 13.8. The fraction of sp³-hybridized carbons (Fsp3) is 0.562.